The van der Waals surface area contributed by atoms with E-state index in [9.17, 15) is 0 Å². The molecule has 0 spiro atoms. The zero-order valence-corrected chi connectivity index (χ0v) is 5.68. The second kappa shape index (κ2) is 2.49. The van der Waals surface area contributed by atoms with Crippen molar-refractivity contribution in [3.8, 4) is 0 Å². The van der Waals surface area contributed by atoms with Gasteiger partial charge < -0.3 is 4.74 Å². The van der Waals surface area contributed by atoms with Crippen molar-refractivity contribution in [3.05, 3.63) is 0 Å². The van der Waals surface area contributed by atoms with E-state index in [-0.39, 0.29) is 0 Å². The van der Waals surface area contributed by atoms with E-state index in [0.29, 0.717) is 6.10 Å². The zero-order valence-electron chi connectivity index (χ0n) is 5.68. The summed E-state index contributed by atoms with van der Waals surface area (Å²) in [5, 5.41) is 0. The number of rotatable bonds is 2. The van der Waals surface area contributed by atoms with Crippen molar-refractivity contribution in [1.29, 1.82) is 0 Å². The van der Waals surface area contributed by atoms with E-state index < -0.39 is 0 Å². The van der Waals surface area contributed by atoms with E-state index in [1.165, 1.54) is 12.8 Å². The van der Waals surface area contributed by atoms with Gasteiger partial charge in [0.2, 0.25) is 0 Å². The Bertz CT molecular complexity index is 70.8. The quantitative estimate of drug-likeness (QED) is 0.532. The lowest BCUT2D eigenvalue weighted by Gasteiger charge is -2.33. The third-order valence-corrected chi connectivity index (χ3v) is 1.78. The topological polar surface area (TPSA) is 9.23 Å². The third kappa shape index (κ3) is 1.03. The summed E-state index contributed by atoms with van der Waals surface area (Å²) in [6, 6.07) is 0. The van der Waals surface area contributed by atoms with Gasteiger partial charge >= 0.3 is 0 Å². The van der Waals surface area contributed by atoms with Crippen LogP contribution in [0.2, 0.25) is 0 Å². The minimum Gasteiger partial charge on any atom is -0.377 e. The fourth-order valence-corrected chi connectivity index (χ4v) is 1.08. The van der Waals surface area contributed by atoms with Crippen LogP contribution in [0, 0.1) is 5.92 Å². The van der Waals surface area contributed by atoms with E-state index >= 15 is 0 Å². The van der Waals surface area contributed by atoms with Crippen LogP contribution in [0.15, 0.2) is 0 Å². The van der Waals surface area contributed by atoms with E-state index in [1.807, 2.05) is 0 Å². The van der Waals surface area contributed by atoms with E-state index in [2.05, 4.69) is 13.8 Å². The Hall–Kier alpha value is -0.0400. The highest BCUT2D eigenvalue weighted by Gasteiger charge is 2.26. The van der Waals surface area contributed by atoms with Gasteiger partial charge in [0.1, 0.15) is 0 Å². The van der Waals surface area contributed by atoms with Crippen LogP contribution in [0.25, 0.3) is 0 Å². The fraction of sp³-hybridized carbons (Fsp3) is 1.00. The Morgan fingerprint density at radius 1 is 1.62 bits per heavy atom. The lowest BCUT2D eigenvalue weighted by atomic mass is 9.97. The molecule has 1 rings (SSSR count). The third-order valence-electron chi connectivity index (χ3n) is 1.78. The van der Waals surface area contributed by atoms with Gasteiger partial charge in [0.25, 0.3) is 0 Å². The average molecular weight is 114 g/mol. The maximum absolute atomic E-state index is 5.28. The predicted molar refractivity (Wildman–Crippen MR) is 33.8 cm³/mol. The lowest BCUT2D eigenvalue weighted by molar-refractivity contribution is -0.109. The van der Waals surface area contributed by atoms with Gasteiger partial charge in [-0.15, -0.1) is 0 Å². The highest BCUT2D eigenvalue weighted by molar-refractivity contribution is 4.73. The van der Waals surface area contributed by atoms with E-state index in [0.717, 1.165) is 12.5 Å². The second-order valence-electron chi connectivity index (χ2n) is 2.64. The molecule has 1 saturated heterocycles. The molecule has 1 heterocycles. The maximum atomic E-state index is 5.28. The molecule has 48 valence electrons. The Morgan fingerprint density at radius 3 is 2.50 bits per heavy atom. The minimum absolute atomic E-state index is 0.597. The Kier molecular flexibility index (Phi) is 1.90. The van der Waals surface area contributed by atoms with Crippen LogP contribution in [-0.4, -0.2) is 12.7 Å². The standard InChI is InChI=1S/C7H14O/c1-3-4-7-6(2)5-8-7/h6-7H,3-5H2,1-2H3. The molecule has 2 atom stereocenters. The molecule has 0 aromatic rings. The highest BCUT2D eigenvalue weighted by Crippen LogP contribution is 2.22. The molecule has 0 aromatic heterocycles. The van der Waals surface area contributed by atoms with Gasteiger partial charge in [0.15, 0.2) is 0 Å². The molecule has 1 nitrogen and oxygen atoms in total. The van der Waals surface area contributed by atoms with Crippen molar-refractivity contribution in [3.63, 3.8) is 0 Å². The van der Waals surface area contributed by atoms with Crippen LogP contribution >= 0.6 is 0 Å². The van der Waals surface area contributed by atoms with Crippen LogP contribution in [0.4, 0.5) is 0 Å². The van der Waals surface area contributed by atoms with Gasteiger partial charge in [-0.2, -0.15) is 0 Å². The summed E-state index contributed by atoms with van der Waals surface area (Å²) in [4.78, 5) is 0. The van der Waals surface area contributed by atoms with Gasteiger partial charge in [-0.3, -0.25) is 0 Å². The largest absolute Gasteiger partial charge is 0.377 e. The maximum Gasteiger partial charge on any atom is 0.0622 e. The number of hydrogen-bond donors (Lipinski definition) is 0. The Morgan fingerprint density at radius 2 is 2.38 bits per heavy atom. The summed E-state index contributed by atoms with van der Waals surface area (Å²) in [6.45, 7) is 5.45. The molecular weight excluding hydrogens is 100 g/mol. The smallest absolute Gasteiger partial charge is 0.0622 e. The SMILES string of the molecule is CCCC1OCC1C. The molecule has 8 heavy (non-hydrogen) atoms. The van der Waals surface area contributed by atoms with Crippen molar-refractivity contribution in [2.75, 3.05) is 6.61 Å². The van der Waals surface area contributed by atoms with Crippen molar-refractivity contribution >= 4 is 0 Å². The van der Waals surface area contributed by atoms with Gasteiger partial charge in [0, 0.05) is 5.92 Å². The summed E-state index contributed by atoms with van der Waals surface area (Å²) < 4.78 is 5.28. The lowest BCUT2D eigenvalue weighted by Crippen LogP contribution is -2.37. The molecule has 0 aliphatic carbocycles. The first-order chi connectivity index (χ1) is 3.84. The number of ether oxygens (including phenoxy) is 1. The molecule has 2 unspecified atom stereocenters. The highest BCUT2D eigenvalue weighted by atomic mass is 16.5. The van der Waals surface area contributed by atoms with Gasteiger partial charge in [-0.1, -0.05) is 20.3 Å². The van der Waals surface area contributed by atoms with Crippen LogP contribution in [0.1, 0.15) is 26.7 Å². The molecule has 1 aliphatic heterocycles. The summed E-state index contributed by atoms with van der Waals surface area (Å²) in [5.74, 6) is 0.829. The molecule has 0 saturated carbocycles. The van der Waals surface area contributed by atoms with Crippen LogP contribution in [-0.2, 0) is 4.74 Å². The Balaban J connectivity index is 2.08. The Labute approximate surface area is 51.0 Å². The van der Waals surface area contributed by atoms with Crippen LogP contribution in [0.5, 0.6) is 0 Å². The van der Waals surface area contributed by atoms with Crippen molar-refractivity contribution < 1.29 is 4.74 Å². The van der Waals surface area contributed by atoms with Crippen molar-refractivity contribution in [1.82, 2.24) is 0 Å². The van der Waals surface area contributed by atoms with Gasteiger partial charge in [-0.25, -0.2) is 0 Å². The monoisotopic (exact) mass is 114 g/mol. The first-order valence-electron chi connectivity index (χ1n) is 3.46. The molecule has 0 N–H and O–H groups in total. The van der Waals surface area contributed by atoms with E-state index in [4.69, 9.17) is 4.74 Å². The molecule has 0 bridgehead atoms. The number of hydrogen-bond acceptors (Lipinski definition) is 1. The van der Waals surface area contributed by atoms with E-state index in [1.54, 1.807) is 0 Å². The molecule has 1 aliphatic rings. The normalized spacial score (nSPS) is 36.8. The van der Waals surface area contributed by atoms with Crippen molar-refractivity contribution in [2.45, 2.75) is 32.8 Å². The van der Waals surface area contributed by atoms with Crippen LogP contribution < -0.4 is 0 Å². The summed E-state index contributed by atoms with van der Waals surface area (Å²) in [5.41, 5.74) is 0. The zero-order chi connectivity index (χ0) is 5.98. The summed E-state index contributed by atoms with van der Waals surface area (Å²) >= 11 is 0. The molecule has 1 fully saturated rings. The van der Waals surface area contributed by atoms with Gasteiger partial charge in [-0.05, 0) is 6.42 Å². The first kappa shape index (κ1) is 6.09. The minimum atomic E-state index is 0.597. The summed E-state index contributed by atoms with van der Waals surface area (Å²) in [7, 11) is 0. The molecule has 0 radical (unpaired) electrons. The van der Waals surface area contributed by atoms with Crippen molar-refractivity contribution in [2.24, 2.45) is 5.92 Å². The molecule has 1 heteroatoms. The average Bonchev–Trinajstić information content (AvgIpc) is 1.79. The fourth-order valence-electron chi connectivity index (χ4n) is 1.08. The predicted octanol–water partition coefficient (Wildman–Crippen LogP) is 1.82. The summed E-state index contributed by atoms with van der Waals surface area (Å²) in [6.07, 6.45) is 3.11. The molecule has 0 amide bonds. The first-order valence-corrected chi connectivity index (χ1v) is 3.46. The second-order valence-corrected chi connectivity index (χ2v) is 2.64. The molecular formula is C7H14O. The molecule has 0 aromatic carbocycles. The van der Waals surface area contributed by atoms with Crippen LogP contribution in [0.3, 0.4) is 0 Å². The van der Waals surface area contributed by atoms with Gasteiger partial charge in [0.05, 0.1) is 12.7 Å².